The van der Waals surface area contributed by atoms with Crippen molar-refractivity contribution in [1.29, 1.82) is 0 Å². The lowest BCUT2D eigenvalue weighted by atomic mass is 10.1. The van der Waals surface area contributed by atoms with Crippen molar-refractivity contribution in [3.05, 3.63) is 88.2 Å². The van der Waals surface area contributed by atoms with Gasteiger partial charge in [-0.15, -0.1) is 11.3 Å². The van der Waals surface area contributed by atoms with E-state index in [1.807, 2.05) is 37.3 Å². The standard InChI is InChI=1S/C20H15FN2OS/c1-13-17-19(25-18(13)14-7-3-2-4-8-14)22-12-23(20(17)24)11-15-9-5-6-10-16(15)21/h2-10,12H,11H2,1H3. The molecule has 0 bridgehead atoms. The van der Waals surface area contributed by atoms with E-state index in [0.29, 0.717) is 15.8 Å². The van der Waals surface area contributed by atoms with Crippen molar-refractivity contribution >= 4 is 21.6 Å². The molecule has 0 aliphatic carbocycles. The van der Waals surface area contributed by atoms with Crippen LogP contribution in [0.5, 0.6) is 0 Å². The van der Waals surface area contributed by atoms with Crippen LogP contribution in [-0.2, 0) is 6.54 Å². The first-order valence-electron chi connectivity index (χ1n) is 7.92. The first kappa shape index (κ1) is 15.7. The van der Waals surface area contributed by atoms with Gasteiger partial charge in [-0.25, -0.2) is 9.37 Å². The third-order valence-electron chi connectivity index (χ3n) is 4.25. The first-order chi connectivity index (χ1) is 12.1. The molecule has 0 spiro atoms. The molecule has 2 aromatic heterocycles. The molecule has 3 nitrogen and oxygen atoms in total. The Morgan fingerprint density at radius 2 is 1.80 bits per heavy atom. The molecule has 0 radical (unpaired) electrons. The summed E-state index contributed by atoms with van der Waals surface area (Å²) in [6.45, 7) is 2.11. The van der Waals surface area contributed by atoms with Gasteiger partial charge < -0.3 is 0 Å². The molecule has 2 aromatic carbocycles. The highest BCUT2D eigenvalue weighted by Gasteiger charge is 2.16. The number of aryl methyl sites for hydroxylation is 1. The number of halogens is 1. The molecule has 0 unspecified atom stereocenters. The third kappa shape index (κ3) is 2.76. The Kier molecular flexibility index (Phi) is 3.93. The Morgan fingerprint density at radius 1 is 1.08 bits per heavy atom. The second kappa shape index (κ2) is 6.26. The molecular formula is C20H15FN2OS. The highest BCUT2D eigenvalue weighted by atomic mass is 32.1. The number of benzene rings is 2. The van der Waals surface area contributed by atoms with Crippen LogP contribution < -0.4 is 5.56 Å². The second-order valence-electron chi connectivity index (χ2n) is 5.87. The highest BCUT2D eigenvalue weighted by Crippen LogP contribution is 2.35. The molecule has 4 aromatic rings. The van der Waals surface area contributed by atoms with Crippen LogP contribution in [-0.4, -0.2) is 9.55 Å². The predicted octanol–water partition coefficient (Wildman–Crippen LogP) is 4.62. The van der Waals surface area contributed by atoms with Crippen molar-refractivity contribution < 1.29 is 4.39 Å². The Bertz CT molecular complexity index is 1120. The summed E-state index contributed by atoms with van der Waals surface area (Å²) >= 11 is 1.51. The van der Waals surface area contributed by atoms with E-state index in [1.54, 1.807) is 18.2 Å². The minimum atomic E-state index is -0.318. The number of hydrogen-bond donors (Lipinski definition) is 0. The molecular weight excluding hydrogens is 335 g/mol. The summed E-state index contributed by atoms with van der Waals surface area (Å²) < 4.78 is 15.4. The number of rotatable bonds is 3. The minimum Gasteiger partial charge on any atom is -0.294 e. The van der Waals surface area contributed by atoms with E-state index in [1.165, 1.54) is 28.3 Å². The summed E-state index contributed by atoms with van der Waals surface area (Å²) in [5, 5.41) is 0.614. The zero-order chi connectivity index (χ0) is 17.4. The van der Waals surface area contributed by atoms with E-state index in [2.05, 4.69) is 4.98 Å². The highest BCUT2D eigenvalue weighted by molar-refractivity contribution is 7.22. The van der Waals surface area contributed by atoms with E-state index in [-0.39, 0.29) is 17.9 Å². The van der Waals surface area contributed by atoms with Crippen LogP contribution in [0.2, 0.25) is 0 Å². The van der Waals surface area contributed by atoms with E-state index >= 15 is 0 Å². The zero-order valence-electron chi connectivity index (χ0n) is 13.6. The molecule has 0 saturated carbocycles. The maximum Gasteiger partial charge on any atom is 0.262 e. The van der Waals surface area contributed by atoms with Gasteiger partial charge in [0, 0.05) is 10.4 Å². The van der Waals surface area contributed by atoms with Crippen LogP contribution in [0.4, 0.5) is 4.39 Å². The monoisotopic (exact) mass is 350 g/mol. The summed E-state index contributed by atoms with van der Waals surface area (Å²) in [6, 6.07) is 16.4. The summed E-state index contributed by atoms with van der Waals surface area (Å²) in [5.41, 5.74) is 2.33. The van der Waals surface area contributed by atoms with E-state index in [4.69, 9.17) is 0 Å². The molecule has 2 heterocycles. The van der Waals surface area contributed by atoms with Gasteiger partial charge >= 0.3 is 0 Å². The van der Waals surface area contributed by atoms with E-state index < -0.39 is 0 Å². The molecule has 0 aliphatic rings. The van der Waals surface area contributed by atoms with Crippen molar-refractivity contribution in [1.82, 2.24) is 9.55 Å². The van der Waals surface area contributed by atoms with Crippen molar-refractivity contribution in [2.24, 2.45) is 0 Å². The lowest BCUT2D eigenvalue weighted by molar-refractivity contribution is 0.595. The fourth-order valence-corrected chi connectivity index (χ4v) is 4.09. The van der Waals surface area contributed by atoms with E-state index in [0.717, 1.165) is 16.0 Å². The molecule has 5 heteroatoms. The second-order valence-corrected chi connectivity index (χ2v) is 6.87. The van der Waals surface area contributed by atoms with E-state index in [9.17, 15) is 9.18 Å². The fraction of sp³-hybridized carbons (Fsp3) is 0.100. The number of thiophene rings is 1. The number of hydrogen-bond acceptors (Lipinski definition) is 3. The third-order valence-corrected chi connectivity index (χ3v) is 5.50. The van der Waals surface area contributed by atoms with Gasteiger partial charge in [0.05, 0.1) is 18.3 Å². The van der Waals surface area contributed by atoms with Crippen LogP contribution in [0.1, 0.15) is 11.1 Å². The van der Waals surface area contributed by atoms with Gasteiger partial charge in [-0.3, -0.25) is 9.36 Å². The average Bonchev–Trinajstić information content (AvgIpc) is 2.97. The normalized spacial score (nSPS) is 11.1. The van der Waals surface area contributed by atoms with Crippen LogP contribution in [0.15, 0.2) is 65.7 Å². The van der Waals surface area contributed by atoms with Crippen LogP contribution in [0.3, 0.4) is 0 Å². The quantitative estimate of drug-likeness (QED) is 0.540. The van der Waals surface area contributed by atoms with Crippen LogP contribution >= 0.6 is 11.3 Å². The summed E-state index contributed by atoms with van der Waals surface area (Å²) in [4.78, 5) is 19.1. The Morgan fingerprint density at radius 3 is 2.56 bits per heavy atom. The molecule has 0 atom stereocenters. The van der Waals surface area contributed by atoms with Gasteiger partial charge in [-0.1, -0.05) is 48.5 Å². The molecule has 4 rings (SSSR count). The minimum absolute atomic E-state index is 0.135. The maximum absolute atomic E-state index is 13.9. The molecule has 0 fully saturated rings. The predicted molar refractivity (Wildman–Crippen MR) is 99.6 cm³/mol. The summed E-state index contributed by atoms with van der Waals surface area (Å²) in [7, 11) is 0. The number of fused-ring (bicyclic) bond motifs is 1. The van der Waals surface area contributed by atoms with Gasteiger partial charge in [-0.2, -0.15) is 0 Å². The SMILES string of the molecule is Cc1c(-c2ccccc2)sc2ncn(Cc3ccccc3F)c(=O)c12. The summed E-state index contributed by atoms with van der Waals surface area (Å²) in [5.74, 6) is -0.318. The fourth-order valence-electron chi connectivity index (χ4n) is 2.95. The Balaban J connectivity index is 1.85. The molecule has 0 aliphatic heterocycles. The number of aromatic nitrogens is 2. The van der Waals surface area contributed by atoms with Crippen LogP contribution in [0.25, 0.3) is 20.7 Å². The molecule has 0 saturated heterocycles. The number of nitrogens with zero attached hydrogens (tertiary/aromatic N) is 2. The molecule has 0 N–H and O–H groups in total. The van der Waals surface area contributed by atoms with Crippen molar-refractivity contribution in [2.45, 2.75) is 13.5 Å². The lowest BCUT2D eigenvalue weighted by Crippen LogP contribution is -2.21. The molecule has 124 valence electrons. The first-order valence-corrected chi connectivity index (χ1v) is 8.74. The van der Waals surface area contributed by atoms with Crippen LogP contribution in [0, 0.1) is 12.7 Å². The maximum atomic E-state index is 13.9. The van der Waals surface area contributed by atoms with Gasteiger partial charge in [-0.05, 0) is 24.1 Å². The van der Waals surface area contributed by atoms with Gasteiger partial charge in [0.2, 0.25) is 0 Å². The molecule has 0 amide bonds. The average molecular weight is 350 g/mol. The molecule has 25 heavy (non-hydrogen) atoms. The zero-order valence-corrected chi connectivity index (χ0v) is 14.4. The van der Waals surface area contributed by atoms with Crippen molar-refractivity contribution in [2.75, 3.05) is 0 Å². The Hall–Kier alpha value is -2.79. The Labute approximate surface area is 148 Å². The lowest BCUT2D eigenvalue weighted by Gasteiger charge is -2.06. The van der Waals surface area contributed by atoms with Crippen molar-refractivity contribution in [3.8, 4) is 10.4 Å². The van der Waals surface area contributed by atoms with Gasteiger partial charge in [0.1, 0.15) is 10.6 Å². The van der Waals surface area contributed by atoms with Gasteiger partial charge in [0.25, 0.3) is 5.56 Å². The smallest absolute Gasteiger partial charge is 0.262 e. The summed E-state index contributed by atoms with van der Waals surface area (Å²) in [6.07, 6.45) is 1.50. The van der Waals surface area contributed by atoms with Gasteiger partial charge in [0.15, 0.2) is 0 Å². The van der Waals surface area contributed by atoms with Crippen molar-refractivity contribution in [3.63, 3.8) is 0 Å². The largest absolute Gasteiger partial charge is 0.294 e. The topological polar surface area (TPSA) is 34.9 Å².